The van der Waals surface area contributed by atoms with Crippen molar-refractivity contribution in [3.63, 3.8) is 0 Å². The number of esters is 1. The largest absolute Gasteiger partial charge is 0.478 e. The second-order valence-electron chi connectivity index (χ2n) is 7.17. The van der Waals surface area contributed by atoms with Crippen molar-refractivity contribution in [3.8, 4) is 0 Å². The lowest BCUT2D eigenvalue weighted by atomic mass is 9.99. The standard InChI is InChI=1S/C23H24F3N3O4/c1-5-29(12-13-33-22(32)14(2)3)17-9-7-16(8-10-17)27-28-18-11-6-15(4)20(23(24,25)26)19(18)21(30)31/h6-11H,2,5,12-13H2,1,3-4H3,(H,30,31). The van der Waals surface area contributed by atoms with E-state index >= 15 is 0 Å². The summed E-state index contributed by atoms with van der Waals surface area (Å²) < 4.78 is 45.2. The first-order chi connectivity index (χ1) is 15.5. The highest BCUT2D eigenvalue weighted by Gasteiger charge is 2.38. The molecule has 10 heteroatoms. The summed E-state index contributed by atoms with van der Waals surface area (Å²) >= 11 is 0. The maximum atomic E-state index is 13.4. The minimum Gasteiger partial charge on any atom is -0.478 e. The number of carbonyl (C=O) groups is 2. The van der Waals surface area contributed by atoms with Gasteiger partial charge in [-0.05, 0) is 56.7 Å². The number of carboxylic acid groups (broad SMARTS) is 1. The van der Waals surface area contributed by atoms with Crippen molar-refractivity contribution in [1.29, 1.82) is 0 Å². The summed E-state index contributed by atoms with van der Waals surface area (Å²) in [7, 11) is 0. The fraction of sp³-hybridized carbons (Fsp3) is 0.304. The topological polar surface area (TPSA) is 91.6 Å². The Morgan fingerprint density at radius 3 is 2.27 bits per heavy atom. The Morgan fingerprint density at radius 1 is 1.12 bits per heavy atom. The molecule has 7 nitrogen and oxygen atoms in total. The van der Waals surface area contributed by atoms with Crippen molar-refractivity contribution in [3.05, 3.63) is 65.2 Å². The number of ether oxygens (including phenoxy) is 1. The molecule has 176 valence electrons. The lowest BCUT2D eigenvalue weighted by molar-refractivity contribution is -0.139. The molecule has 0 heterocycles. The van der Waals surface area contributed by atoms with Crippen LogP contribution in [0.3, 0.4) is 0 Å². The number of halogens is 3. The number of hydrogen-bond donors (Lipinski definition) is 1. The summed E-state index contributed by atoms with van der Waals surface area (Å²) in [6, 6.07) is 9.00. The van der Waals surface area contributed by atoms with Gasteiger partial charge in [0, 0.05) is 17.8 Å². The predicted molar refractivity (Wildman–Crippen MR) is 117 cm³/mol. The van der Waals surface area contributed by atoms with Gasteiger partial charge in [0.15, 0.2) is 0 Å². The molecule has 0 saturated heterocycles. The molecule has 0 spiro atoms. The molecular weight excluding hydrogens is 439 g/mol. The molecule has 2 rings (SSSR count). The van der Waals surface area contributed by atoms with Crippen LogP contribution in [0.1, 0.15) is 35.3 Å². The van der Waals surface area contributed by atoms with Gasteiger partial charge in [-0.1, -0.05) is 12.6 Å². The van der Waals surface area contributed by atoms with Crippen LogP contribution in [0.5, 0.6) is 0 Å². The monoisotopic (exact) mass is 463 g/mol. The second-order valence-corrected chi connectivity index (χ2v) is 7.17. The van der Waals surface area contributed by atoms with Gasteiger partial charge >= 0.3 is 18.1 Å². The predicted octanol–water partition coefficient (Wildman–Crippen LogP) is 6.07. The van der Waals surface area contributed by atoms with E-state index in [1.165, 1.54) is 13.0 Å². The molecule has 33 heavy (non-hydrogen) atoms. The number of alkyl halides is 3. The molecule has 0 aromatic heterocycles. The molecule has 2 aromatic rings. The minimum atomic E-state index is -4.84. The Kier molecular flexibility index (Phi) is 8.33. The normalized spacial score (nSPS) is 11.5. The molecule has 0 fully saturated rings. The highest BCUT2D eigenvalue weighted by atomic mass is 19.4. The number of likely N-dealkylation sites (N-methyl/N-ethyl adjacent to an activating group) is 1. The van der Waals surface area contributed by atoms with Gasteiger partial charge in [0.25, 0.3) is 0 Å². The zero-order valence-electron chi connectivity index (χ0n) is 18.4. The van der Waals surface area contributed by atoms with Gasteiger partial charge < -0.3 is 14.7 Å². The van der Waals surface area contributed by atoms with E-state index in [0.29, 0.717) is 24.4 Å². The van der Waals surface area contributed by atoms with E-state index in [1.54, 1.807) is 31.2 Å². The zero-order valence-corrected chi connectivity index (χ0v) is 18.4. The number of nitrogens with zero attached hydrogens (tertiary/aromatic N) is 3. The Hall–Kier alpha value is -3.69. The molecule has 1 N–H and O–H groups in total. The lowest BCUT2D eigenvalue weighted by Crippen LogP contribution is -2.28. The number of aryl methyl sites for hydroxylation is 1. The van der Waals surface area contributed by atoms with E-state index in [0.717, 1.165) is 11.8 Å². The minimum absolute atomic E-state index is 0.175. The van der Waals surface area contributed by atoms with Gasteiger partial charge in [-0.25, -0.2) is 9.59 Å². The van der Waals surface area contributed by atoms with Crippen molar-refractivity contribution >= 4 is 29.0 Å². The molecule has 0 saturated carbocycles. The number of benzene rings is 2. The van der Waals surface area contributed by atoms with Gasteiger partial charge in [-0.15, -0.1) is 5.11 Å². The fourth-order valence-electron chi connectivity index (χ4n) is 3.04. The van der Waals surface area contributed by atoms with Gasteiger partial charge in [0.1, 0.15) is 12.3 Å². The fourth-order valence-corrected chi connectivity index (χ4v) is 3.04. The highest BCUT2D eigenvalue weighted by molar-refractivity contribution is 5.95. The molecule has 0 amide bonds. The van der Waals surface area contributed by atoms with Crippen molar-refractivity contribution in [2.75, 3.05) is 24.6 Å². The number of aromatic carboxylic acids is 1. The molecule has 0 bridgehead atoms. The average molecular weight is 463 g/mol. The molecule has 0 radical (unpaired) electrons. The first kappa shape index (κ1) is 25.6. The first-order valence-electron chi connectivity index (χ1n) is 9.99. The average Bonchev–Trinajstić information content (AvgIpc) is 2.75. The van der Waals surface area contributed by atoms with Crippen LogP contribution in [0.25, 0.3) is 0 Å². The number of carboxylic acids is 1. The number of anilines is 1. The maximum Gasteiger partial charge on any atom is 0.417 e. The zero-order chi connectivity index (χ0) is 24.8. The summed E-state index contributed by atoms with van der Waals surface area (Å²) in [5, 5.41) is 17.0. The van der Waals surface area contributed by atoms with Gasteiger partial charge in [0.05, 0.1) is 23.4 Å². The van der Waals surface area contributed by atoms with Crippen LogP contribution in [-0.2, 0) is 15.7 Å². The molecule has 0 aliphatic carbocycles. The van der Waals surface area contributed by atoms with Crippen LogP contribution in [0, 0.1) is 6.92 Å². The summed E-state index contributed by atoms with van der Waals surface area (Å²) in [6.07, 6.45) is -4.84. The molecule has 0 aliphatic heterocycles. The van der Waals surface area contributed by atoms with E-state index in [4.69, 9.17) is 4.74 Å². The quantitative estimate of drug-likeness (QED) is 0.277. The third kappa shape index (κ3) is 6.64. The highest BCUT2D eigenvalue weighted by Crippen LogP contribution is 2.39. The SMILES string of the molecule is C=C(C)C(=O)OCCN(CC)c1ccc(N=Nc2ccc(C)c(C(F)(F)F)c2C(=O)O)cc1. The summed E-state index contributed by atoms with van der Waals surface area (Å²) in [6.45, 7) is 9.46. The van der Waals surface area contributed by atoms with E-state index in [9.17, 15) is 27.9 Å². The van der Waals surface area contributed by atoms with E-state index in [2.05, 4.69) is 16.8 Å². The Balaban J connectivity index is 2.21. The summed E-state index contributed by atoms with van der Waals surface area (Å²) in [5.74, 6) is -2.20. The van der Waals surface area contributed by atoms with Crippen LogP contribution < -0.4 is 4.90 Å². The van der Waals surface area contributed by atoms with E-state index in [-0.39, 0.29) is 17.9 Å². The van der Waals surface area contributed by atoms with Gasteiger partial charge in [-0.3, -0.25) is 0 Å². The lowest BCUT2D eigenvalue weighted by Gasteiger charge is -2.23. The van der Waals surface area contributed by atoms with Crippen LogP contribution in [0.4, 0.5) is 30.2 Å². The Morgan fingerprint density at radius 2 is 1.76 bits per heavy atom. The third-order valence-corrected chi connectivity index (χ3v) is 4.70. The van der Waals surface area contributed by atoms with Crippen LogP contribution in [0.2, 0.25) is 0 Å². The molecule has 0 unspecified atom stereocenters. The molecular formula is C23H24F3N3O4. The number of hydrogen-bond acceptors (Lipinski definition) is 6. The Bertz CT molecular complexity index is 1060. The third-order valence-electron chi connectivity index (χ3n) is 4.70. The van der Waals surface area contributed by atoms with E-state index < -0.39 is 29.2 Å². The van der Waals surface area contributed by atoms with Gasteiger partial charge in [0.2, 0.25) is 0 Å². The van der Waals surface area contributed by atoms with Crippen molar-refractivity contribution in [1.82, 2.24) is 0 Å². The maximum absolute atomic E-state index is 13.4. The van der Waals surface area contributed by atoms with Gasteiger partial charge in [-0.2, -0.15) is 18.3 Å². The molecule has 2 aromatic carbocycles. The smallest absolute Gasteiger partial charge is 0.417 e. The van der Waals surface area contributed by atoms with Crippen molar-refractivity contribution in [2.45, 2.75) is 26.9 Å². The van der Waals surface area contributed by atoms with Crippen LogP contribution >= 0.6 is 0 Å². The van der Waals surface area contributed by atoms with E-state index in [1.807, 2.05) is 11.8 Å². The van der Waals surface area contributed by atoms with Crippen molar-refractivity contribution in [2.24, 2.45) is 10.2 Å². The molecule has 0 atom stereocenters. The summed E-state index contributed by atoms with van der Waals surface area (Å²) in [4.78, 5) is 25.0. The van der Waals surface area contributed by atoms with Crippen LogP contribution in [-0.4, -0.2) is 36.7 Å². The Labute approximate surface area is 189 Å². The number of carbonyl (C=O) groups excluding carboxylic acids is 1. The second kappa shape index (κ2) is 10.8. The number of azo groups is 1. The number of rotatable bonds is 9. The van der Waals surface area contributed by atoms with Crippen molar-refractivity contribution < 1.29 is 32.6 Å². The first-order valence-corrected chi connectivity index (χ1v) is 9.99. The molecule has 0 aliphatic rings. The van der Waals surface area contributed by atoms with Crippen LogP contribution in [0.15, 0.2) is 58.8 Å². The summed E-state index contributed by atoms with van der Waals surface area (Å²) in [5.41, 5.74) is -1.33.